The lowest BCUT2D eigenvalue weighted by molar-refractivity contribution is 0.723. The standard InChI is InChI=1S/C12H19N3S/c1-10(8-9-16-2)14-12(13)15-11-6-4-3-5-7-11/h3-7,10H,8-9H2,1-2H3,(H3,13,14,15). The molecule has 0 radical (unpaired) electrons. The predicted molar refractivity (Wildman–Crippen MR) is 74.1 cm³/mol. The lowest BCUT2D eigenvalue weighted by Crippen LogP contribution is -2.24. The van der Waals surface area contributed by atoms with Crippen LogP contribution in [0, 0.1) is 0 Å². The number of nitrogens with zero attached hydrogens (tertiary/aromatic N) is 1. The summed E-state index contributed by atoms with van der Waals surface area (Å²) in [5.41, 5.74) is 6.78. The van der Waals surface area contributed by atoms with E-state index in [1.807, 2.05) is 42.1 Å². The van der Waals surface area contributed by atoms with Crippen molar-refractivity contribution in [1.82, 2.24) is 0 Å². The highest BCUT2D eigenvalue weighted by Gasteiger charge is 2.00. The Balaban J connectivity index is 2.45. The molecule has 0 heterocycles. The smallest absolute Gasteiger partial charge is 0.193 e. The Morgan fingerprint density at radius 1 is 1.44 bits per heavy atom. The summed E-state index contributed by atoms with van der Waals surface area (Å²) in [5, 5.41) is 3.07. The van der Waals surface area contributed by atoms with Crippen LogP contribution in [0.3, 0.4) is 0 Å². The van der Waals surface area contributed by atoms with Gasteiger partial charge >= 0.3 is 0 Å². The van der Waals surface area contributed by atoms with Gasteiger partial charge in [-0.2, -0.15) is 11.8 Å². The van der Waals surface area contributed by atoms with Crippen molar-refractivity contribution < 1.29 is 0 Å². The fourth-order valence-corrected chi connectivity index (χ4v) is 1.87. The lowest BCUT2D eigenvalue weighted by Gasteiger charge is -2.09. The molecule has 1 aromatic carbocycles. The Kier molecular flexibility index (Phi) is 5.78. The van der Waals surface area contributed by atoms with E-state index in [1.165, 1.54) is 0 Å². The van der Waals surface area contributed by atoms with Crippen molar-refractivity contribution in [3.05, 3.63) is 30.3 Å². The second kappa shape index (κ2) is 7.17. The van der Waals surface area contributed by atoms with E-state index in [0.717, 1.165) is 17.9 Å². The van der Waals surface area contributed by atoms with E-state index in [1.54, 1.807) is 0 Å². The summed E-state index contributed by atoms with van der Waals surface area (Å²) < 4.78 is 0. The van der Waals surface area contributed by atoms with E-state index in [2.05, 4.69) is 23.5 Å². The molecule has 1 aromatic rings. The third-order valence-electron chi connectivity index (χ3n) is 2.15. The number of aliphatic imine (C=N–C) groups is 1. The topological polar surface area (TPSA) is 50.4 Å². The fourth-order valence-electron chi connectivity index (χ4n) is 1.29. The highest BCUT2D eigenvalue weighted by molar-refractivity contribution is 7.98. The number of hydrogen-bond acceptors (Lipinski definition) is 2. The maximum atomic E-state index is 5.81. The van der Waals surface area contributed by atoms with Gasteiger partial charge in [0.15, 0.2) is 5.96 Å². The second-order valence-electron chi connectivity index (χ2n) is 3.64. The summed E-state index contributed by atoms with van der Waals surface area (Å²) in [4.78, 5) is 4.38. The van der Waals surface area contributed by atoms with Crippen LogP contribution in [0.2, 0.25) is 0 Å². The molecule has 1 unspecified atom stereocenters. The van der Waals surface area contributed by atoms with Crippen molar-refractivity contribution >= 4 is 23.4 Å². The minimum absolute atomic E-state index is 0.267. The van der Waals surface area contributed by atoms with E-state index in [9.17, 15) is 0 Å². The Morgan fingerprint density at radius 2 is 2.12 bits per heavy atom. The summed E-state index contributed by atoms with van der Waals surface area (Å²) in [6, 6.07) is 10.1. The zero-order valence-corrected chi connectivity index (χ0v) is 10.6. The maximum absolute atomic E-state index is 5.81. The van der Waals surface area contributed by atoms with E-state index < -0.39 is 0 Å². The van der Waals surface area contributed by atoms with E-state index in [-0.39, 0.29) is 6.04 Å². The van der Waals surface area contributed by atoms with E-state index in [4.69, 9.17) is 5.73 Å². The average Bonchev–Trinajstić information content (AvgIpc) is 2.27. The van der Waals surface area contributed by atoms with Gasteiger partial charge in [0.25, 0.3) is 0 Å². The fraction of sp³-hybridized carbons (Fsp3) is 0.417. The zero-order chi connectivity index (χ0) is 11.8. The molecule has 16 heavy (non-hydrogen) atoms. The quantitative estimate of drug-likeness (QED) is 0.611. The van der Waals surface area contributed by atoms with Gasteiger partial charge in [0.2, 0.25) is 0 Å². The number of para-hydroxylation sites is 1. The van der Waals surface area contributed by atoms with Gasteiger partial charge in [0.1, 0.15) is 0 Å². The van der Waals surface area contributed by atoms with Crippen LogP contribution in [-0.2, 0) is 0 Å². The molecule has 0 amide bonds. The van der Waals surface area contributed by atoms with Gasteiger partial charge in [-0.05, 0) is 37.5 Å². The van der Waals surface area contributed by atoms with Crippen molar-refractivity contribution in [3.63, 3.8) is 0 Å². The largest absolute Gasteiger partial charge is 0.370 e. The van der Waals surface area contributed by atoms with Crippen molar-refractivity contribution in [1.29, 1.82) is 0 Å². The van der Waals surface area contributed by atoms with Crippen molar-refractivity contribution in [2.45, 2.75) is 19.4 Å². The average molecular weight is 237 g/mol. The minimum Gasteiger partial charge on any atom is -0.370 e. The Labute approximate surface area is 102 Å². The summed E-state index contributed by atoms with van der Waals surface area (Å²) in [6.45, 7) is 2.08. The monoisotopic (exact) mass is 237 g/mol. The van der Waals surface area contributed by atoms with Gasteiger partial charge in [-0.15, -0.1) is 0 Å². The molecule has 0 saturated heterocycles. The van der Waals surface area contributed by atoms with Gasteiger partial charge < -0.3 is 11.1 Å². The van der Waals surface area contributed by atoms with Gasteiger partial charge in [-0.25, -0.2) is 0 Å². The van der Waals surface area contributed by atoms with E-state index >= 15 is 0 Å². The molecular formula is C12H19N3S. The number of guanidine groups is 1. The summed E-state index contributed by atoms with van der Waals surface area (Å²) in [7, 11) is 0. The van der Waals surface area contributed by atoms with Gasteiger partial charge in [0, 0.05) is 5.69 Å². The van der Waals surface area contributed by atoms with Crippen LogP contribution in [0.5, 0.6) is 0 Å². The normalized spacial score (nSPS) is 13.5. The van der Waals surface area contributed by atoms with Crippen LogP contribution in [0.4, 0.5) is 5.69 Å². The van der Waals surface area contributed by atoms with Crippen molar-refractivity contribution in [2.75, 3.05) is 17.3 Å². The van der Waals surface area contributed by atoms with Gasteiger partial charge in [-0.3, -0.25) is 4.99 Å². The molecule has 0 saturated carbocycles. The molecule has 0 aliphatic heterocycles. The van der Waals surface area contributed by atoms with Crippen molar-refractivity contribution in [3.8, 4) is 0 Å². The Morgan fingerprint density at radius 3 is 2.75 bits per heavy atom. The lowest BCUT2D eigenvalue weighted by atomic mass is 10.3. The third kappa shape index (κ3) is 5.07. The molecule has 0 spiro atoms. The highest BCUT2D eigenvalue weighted by Crippen LogP contribution is 2.06. The molecule has 0 fully saturated rings. The Hall–Kier alpha value is -1.16. The first-order chi connectivity index (χ1) is 7.72. The molecule has 3 nitrogen and oxygen atoms in total. The van der Waals surface area contributed by atoms with Crippen LogP contribution < -0.4 is 11.1 Å². The first-order valence-electron chi connectivity index (χ1n) is 5.36. The van der Waals surface area contributed by atoms with Crippen LogP contribution in [-0.4, -0.2) is 24.0 Å². The highest BCUT2D eigenvalue weighted by atomic mass is 32.2. The summed E-state index contributed by atoms with van der Waals surface area (Å²) in [6.07, 6.45) is 3.15. The van der Waals surface area contributed by atoms with Crippen molar-refractivity contribution in [2.24, 2.45) is 10.7 Å². The molecule has 88 valence electrons. The first kappa shape index (κ1) is 12.9. The van der Waals surface area contributed by atoms with Crippen LogP contribution in [0.1, 0.15) is 13.3 Å². The number of thioether (sulfide) groups is 1. The predicted octanol–water partition coefficient (Wildman–Crippen LogP) is 2.55. The molecule has 0 aliphatic carbocycles. The summed E-state index contributed by atoms with van der Waals surface area (Å²) >= 11 is 1.83. The van der Waals surface area contributed by atoms with E-state index in [0.29, 0.717) is 5.96 Å². The minimum atomic E-state index is 0.267. The van der Waals surface area contributed by atoms with Gasteiger partial charge in [-0.1, -0.05) is 18.2 Å². The first-order valence-corrected chi connectivity index (χ1v) is 6.76. The number of nitrogens with two attached hydrogens (primary N) is 1. The van der Waals surface area contributed by atoms with Crippen LogP contribution in [0.15, 0.2) is 35.3 Å². The maximum Gasteiger partial charge on any atom is 0.193 e. The molecule has 0 aromatic heterocycles. The number of benzene rings is 1. The number of rotatable bonds is 5. The molecule has 0 bridgehead atoms. The molecule has 1 atom stereocenters. The molecular weight excluding hydrogens is 218 g/mol. The second-order valence-corrected chi connectivity index (χ2v) is 4.62. The number of hydrogen-bond donors (Lipinski definition) is 2. The molecule has 3 N–H and O–H groups in total. The zero-order valence-electron chi connectivity index (χ0n) is 9.81. The third-order valence-corrected chi connectivity index (χ3v) is 2.79. The molecule has 0 aliphatic rings. The van der Waals surface area contributed by atoms with Crippen LogP contribution in [0.25, 0.3) is 0 Å². The van der Waals surface area contributed by atoms with Crippen LogP contribution >= 0.6 is 11.8 Å². The molecule has 4 heteroatoms. The molecule has 1 rings (SSSR count). The van der Waals surface area contributed by atoms with Gasteiger partial charge in [0.05, 0.1) is 6.04 Å². The SMILES string of the molecule is CSCCC(C)N=C(N)Nc1ccccc1. The Bertz CT molecular complexity index is 324. The number of anilines is 1. The number of nitrogens with one attached hydrogen (secondary N) is 1. The summed E-state index contributed by atoms with van der Waals surface area (Å²) in [5.74, 6) is 1.60.